The van der Waals surface area contributed by atoms with E-state index in [0.717, 1.165) is 16.5 Å². The fourth-order valence-electron chi connectivity index (χ4n) is 3.00. The highest BCUT2D eigenvalue weighted by Gasteiger charge is 2.30. The van der Waals surface area contributed by atoms with E-state index in [2.05, 4.69) is 10.3 Å². The minimum atomic E-state index is -3.79. The van der Waals surface area contributed by atoms with Crippen LogP contribution in [0.5, 0.6) is 0 Å². The summed E-state index contributed by atoms with van der Waals surface area (Å²) in [5, 5.41) is 3.62. The summed E-state index contributed by atoms with van der Waals surface area (Å²) in [6, 6.07) is 16.0. The fraction of sp³-hybridized carbons (Fsp3) is 0.158. The fourth-order valence-corrected chi connectivity index (χ4v) is 4.37. The van der Waals surface area contributed by atoms with Crippen molar-refractivity contribution in [2.24, 2.45) is 0 Å². The highest BCUT2D eigenvalue weighted by molar-refractivity contribution is 7.89. The van der Waals surface area contributed by atoms with Gasteiger partial charge in [-0.3, -0.25) is 4.79 Å². The predicted molar refractivity (Wildman–Crippen MR) is 99.1 cm³/mol. The number of pyridine rings is 1. The van der Waals surface area contributed by atoms with E-state index >= 15 is 0 Å². The number of hydrogen-bond donors (Lipinski definition) is 1. The molecule has 0 spiro atoms. The Kier molecular flexibility index (Phi) is 3.97. The Morgan fingerprint density at radius 3 is 2.54 bits per heavy atom. The number of carbonyl (C=O) groups is 1. The second kappa shape index (κ2) is 6.19. The molecule has 1 aromatic heterocycles. The molecule has 0 unspecified atom stereocenters. The lowest BCUT2D eigenvalue weighted by Gasteiger charge is -2.19. The third-order valence-electron chi connectivity index (χ3n) is 4.39. The Bertz CT molecular complexity index is 1110. The zero-order valence-corrected chi connectivity index (χ0v) is 15.0. The second-order valence-electron chi connectivity index (χ2n) is 6.32. The van der Waals surface area contributed by atoms with Crippen LogP contribution in [0.1, 0.15) is 11.1 Å². The molecule has 0 bridgehead atoms. The van der Waals surface area contributed by atoms with Crippen molar-refractivity contribution in [2.75, 3.05) is 11.9 Å². The molecule has 1 aliphatic rings. The van der Waals surface area contributed by atoms with Gasteiger partial charge in [0.1, 0.15) is 5.82 Å². The molecule has 2 aromatic carbocycles. The lowest BCUT2D eigenvalue weighted by Crippen LogP contribution is -2.35. The maximum atomic E-state index is 13.0. The standard InChI is InChI=1S/C19H17N3O3S/c1-13-6-8-16(9-7-13)26(24,25)22-11-15-10-14-4-2-3-5-17(14)20-19(15)21-18(23)12-22/h2-10H,11-12H2,1H3,(H,20,21,23). The van der Waals surface area contributed by atoms with Crippen LogP contribution in [0.15, 0.2) is 59.5 Å². The second-order valence-corrected chi connectivity index (χ2v) is 8.26. The van der Waals surface area contributed by atoms with E-state index in [-0.39, 0.29) is 18.0 Å². The van der Waals surface area contributed by atoms with Crippen molar-refractivity contribution < 1.29 is 13.2 Å². The number of aryl methyl sites for hydroxylation is 1. The van der Waals surface area contributed by atoms with Crippen LogP contribution in [-0.4, -0.2) is 30.2 Å². The zero-order chi connectivity index (χ0) is 18.3. The average Bonchev–Trinajstić information content (AvgIpc) is 2.78. The van der Waals surface area contributed by atoms with E-state index < -0.39 is 15.9 Å². The number of para-hydroxylation sites is 1. The number of aromatic nitrogens is 1. The monoisotopic (exact) mass is 367 g/mol. The number of anilines is 1. The van der Waals surface area contributed by atoms with Crippen LogP contribution in [0.3, 0.4) is 0 Å². The first-order valence-corrected chi connectivity index (χ1v) is 9.63. The number of carbonyl (C=O) groups excluding carboxylic acids is 1. The van der Waals surface area contributed by atoms with Crippen LogP contribution < -0.4 is 5.32 Å². The Hall–Kier alpha value is -2.77. The highest BCUT2D eigenvalue weighted by Crippen LogP contribution is 2.27. The first-order valence-electron chi connectivity index (χ1n) is 8.19. The summed E-state index contributed by atoms with van der Waals surface area (Å²) in [5.74, 6) is 0.0116. The number of amides is 1. The third-order valence-corrected chi connectivity index (χ3v) is 6.19. The molecule has 1 amide bonds. The topological polar surface area (TPSA) is 79.4 Å². The molecule has 0 saturated heterocycles. The average molecular weight is 367 g/mol. The molecule has 0 fully saturated rings. The molecule has 0 radical (unpaired) electrons. The summed E-state index contributed by atoms with van der Waals surface area (Å²) in [4.78, 5) is 16.9. The van der Waals surface area contributed by atoms with E-state index in [1.54, 1.807) is 24.3 Å². The molecule has 1 N–H and O–H groups in total. The molecule has 3 aromatic rings. The van der Waals surface area contributed by atoms with E-state index in [0.29, 0.717) is 11.4 Å². The van der Waals surface area contributed by atoms with Crippen LogP contribution in [0.2, 0.25) is 0 Å². The van der Waals surface area contributed by atoms with Crippen molar-refractivity contribution in [3.63, 3.8) is 0 Å². The number of sulfonamides is 1. The number of nitrogens with one attached hydrogen (secondary N) is 1. The van der Waals surface area contributed by atoms with Crippen LogP contribution in [-0.2, 0) is 21.4 Å². The molecule has 7 heteroatoms. The van der Waals surface area contributed by atoms with Crippen LogP contribution >= 0.6 is 0 Å². The van der Waals surface area contributed by atoms with Gasteiger partial charge in [0.25, 0.3) is 0 Å². The summed E-state index contributed by atoms with van der Waals surface area (Å²) >= 11 is 0. The van der Waals surface area contributed by atoms with E-state index in [9.17, 15) is 13.2 Å². The Balaban J connectivity index is 1.78. The summed E-state index contributed by atoms with van der Waals surface area (Å²) in [6.45, 7) is 1.73. The molecule has 4 rings (SSSR count). The molecular weight excluding hydrogens is 350 g/mol. The zero-order valence-electron chi connectivity index (χ0n) is 14.1. The molecule has 0 aliphatic carbocycles. The lowest BCUT2D eigenvalue weighted by molar-refractivity contribution is -0.116. The largest absolute Gasteiger partial charge is 0.309 e. The van der Waals surface area contributed by atoms with Gasteiger partial charge in [-0.15, -0.1) is 0 Å². The Morgan fingerprint density at radius 2 is 1.77 bits per heavy atom. The molecule has 6 nitrogen and oxygen atoms in total. The number of fused-ring (bicyclic) bond motifs is 2. The van der Waals surface area contributed by atoms with Gasteiger partial charge in [-0.1, -0.05) is 35.9 Å². The number of nitrogens with zero attached hydrogens (tertiary/aromatic N) is 2. The summed E-state index contributed by atoms with van der Waals surface area (Å²) in [7, 11) is -3.79. The van der Waals surface area contributed by atoms with Crippen molar-refractivity contribution in [1.29, 1.82) is 0 Å². The van der Waals surface area contributed by atoms with Crippen molar-refractivity contribution in [1.82, 2.24) is 9.29 Å². The van der Waals surface area contributed by atoms with Gasteiger partial charge in [0.2, 0.25) is 15.9 Å². The maximum absolute atomic E-state index is 13.0. The van der Waals surface area contributed by atoms with Crippen LogP contribution in [0, 0.1) is 6.92 Å². The first-order chi connectivity index (χ1) is 12.4. The van der Waals surface area contributed by atoms with Crippen molar-refractivity contribution in [3.8, 4) is 0 Å². The molecule has 0 saturated carbocycles. The van der Waals surface area contributed by atoms with Gasteiger partial charge in [0.15, 0.2) is 0 Å². The minimum absolute atomic E-state index is 0.0854. The third kappa shape index (κ3) is 2.95. The summed E-state index contributed by atoms with van der Waals surface area (Å²) in [5.41, 5.74) is 2.39. The van der Waals surface area contributed by atoms with Crippen molar-refractivity contribution >= 4 is 32.7 Å². The van der Waals surface area contributed by atoms with E-state index in [4.69, 9.17) is 0 Å². The SMILES string of the molecule is Cc1ccc(S(=O)(=O)N2CC(=O)Nc3nc4ccccc4cc3C2)cc1. The predicted octanol–water partition coefficient (Wildman–Crippen LogP) is 2.69. The Morgan fingerprint density at radius 1 is 1.04 bits per heavy atom. The molecule has 0 atom stereocenters. The number of benzene rings is 2. The lowest BCUT2D eigenvalue weighted by atomic mass is 10.1. The first kappa shape index (κ1) is 16.7. The van der Waals surface area contributed by atoms with Gasteiger partial charge in [-0.25, -0.2) is 13.4 Å². The molecule has 26 heavy (non-hydrogen) atoms. The number of hydrogen-bond acceptors (Lipinski definition) is 4. The van der Waals surface area contributed by atoms with Crippen LogP contribution in [0.25, 0.3) is 10.9 Å². The van der Waals surface area contributed by atoms with E-state index in [1.165, 1.54) is 4.31 Å². The van der Waals surface area contributed by atoms with Gasteiger partial charge in [0, 0.05) is 17.5 Å². The van der Waals surface area contributed by atoms with Gasteiger partial charge < -0.3 is 5.32 Å². The maximum Gasteiger partial charge on any atom is 0.243 e. The minimum Gasteiger partial charge on any atom is -0.309 e. The van der Waals surface area contributed by atoms with E-state index in [1.807, 2.05) is 37.3 Å². The van der Waals surface area contributed by atoms with Crippen LogP contribution in [0.4, 0.5) is 5.82 Å². The van der Waals surface area contributed by atoms with Gasteiger partial charge in [-0.2, -0.15) is 4.31 Å². The highest BCUT2D eigenvalue weighted by atomic mass is 32.2. The summed E-state index contributed by atoms with van der Waals surface area (Å²) in [6.07, 6.45) is 0. The van der Waals surface area contributed by atoms with Crippen molar-refractivity contribution in [2.45, 2.75) is 18.4 Å². The molecule has 2 heterocycles. The smallest absolute Gasteiger partial charge is 0.243 e. The van der Waals surface area contributed by atoms with Gasteiger partial charge in [-0.05, 0) is 31.2 Å². The van der Waals surface area contributed by atoms with Gasteiger partial charge >= 0.3 is 0 Å². The summed E-state index contributed by atoms with van der Waals surface area (Å²) < 4.78 is 27.2. The molecule has 132 valence electrons. The molecular formula is C19H17N3O3S. The Labute approximate surface area is 151 Å². The number of rotatable bonds is 2. The molecule has 1 aliphatic heterocycles. The normalized spacial score (nSPS) is 15.3. The van der Waals surface area contributed by atoms with Crippen molar-refractivity contribution in [3.05, 3.63) is 65.7 Å². The quantitative estimate of drug-likeness (QED) is 0.755. The van der Waals surface area contributed by atoms with Gasteiger partial charge in [0.05, 0.1) is 17.0 Å².